The number of carbonyl (C=O) groups is 1. The lowest BCUT2D eigenvalue weighted by molar-refractivity contribution is -0.144. The molecule has 0 bridgehead atoms. The highest BCUT2D eigenvalue weighted by Gasteiger charge is 2.37. The Morgan fingerprint density at radius 2 is 2.00 bits per heavy atom. The zero-order valence-electron chi connectivity index (χ0n) is 8.50. The molecule has 16 heavy (non-hydrogen) atoms. The molecule has 1 unspecified atom stereocenters. The van der Waals surface area contributed by atoms with E-state index in [1.807, 2.05) is 0 Å². The average molecular weight is 231 g/mol. The Hall–Kier alpha value is -1.69. The van der Waals surface area contributed by atoms with Crippen molar-refractivity contribution >= 4 is 5.97 Å². The summed E-state index contributed by atoms with van der Waals surface area (Å²) in [6, 6.07) is 1.10. The molecule has 0 spiro atoms. The molecule has 1 atom stereocenters. The van der Waals surface area contributed by atoms with Gasteiger partial charge in [0.05, 0.1) is 0 Å². The highest BCUT2D eigenvalue weighted by Crippen LogP contribution is 2.29. The molecule has 0 aliphatic carbocycles. The number of phenolic OH excluding ortho intramolecular Hbond substituents is 1. The minimum atomic E-state index is -2.00. The standard InChI is InChI=1S/C10H11F2NO3/c1-2-10(13,9(15)16)5-3-7(12)8(14)4-6(5)11/h3-4,14H,2,13H2,1H3,(H,15,16). The molecule has 88 valence electrons. The number of aromatic hydroxyl groups is 1. The van der Waals surface area contributed by atoms with Gasteiger partial charge in [0.2, 0.25) is 0 Å². The van der Waals surface area contributed by atoms with Gasteiger partial charge in [-0.25, -0.2) is 13.6 Å². The van der Waals surface area contributed by atoms with Crippen LogP contribution in [0, 0.1) is 11.6 Å². The molecule has 0 radical (unpaired) electrons. The summed E-state index contributed by atoms with van der Waals surface area (Å²) in [5, 5.41) is 17.8. The number of rotatable bonds is 3. The van der Waals surface area contributed by atoms with Crippen LogP contribution in [0.4, 0.5) is 8.78 Å². The third-order valence-corrected chi connectivity index (χ3v) is 2.46. The summed E-state index contributed by atoms with van der Waals surface area (Å²) in [7, 11) is 0. The third-order valence-electron chi connectivity index (χ3n) is 2.46. The highest BCUT2D eigenvalue weighted by atomic mass is 19.1. The van der Waals surface area contributed by atoms with Gasteiger partial charge < -0.3 is 15.9 Å². The van der Waals surface area contributed by atoms with Gasteiger partial charge in [0.1, 0.15) is 11.4 Å². The number of benzene rings is 1. The highest BCUT2D eigenvalue weighted by molar-refractivity contribution is 5.80. The van der Waals surface area contributed by atoms with Gasteiger partial charge in [-0.15, -0.1) is 0 Å². The Balaban J connectivity index is 3.42. The quantitative estimate of drug-likeness (QED) is 0.732. The zero-order valence-corrected chi connectivity index (χ0v) is 8.50. The van der Waals surface area contributed by atoms with Crippen molar-refractivity contribution in [3.05, 3.63) is 29.3 Å². The van der Waals surface area contributed by atoms with Gasteiger partial charge in [-0.2, -0.15) is 0 Å². The molecule has 0 saturated heterocycles. The first-order chi connectivity index (χ1) is 7.32. The van der Waals surface area contributed by atoms with Gasteiger partial charge in [0, 0.05) is 11.6 Å². The van der Waals surface area contributed by atoms with E-state index in [1.165, 1.54) is 6.92 Å². The first-order valence-electron chi connectivity index (χ1n) is 4.53. The number of hydrogen-bond acceptors (Lipinski definition) is 3. The van der Waals surface area contributed by atoms with Crippen molar-refractivity contribution in [1.82, 2.24) is 0 Å². The number of carboxylic acids is 1. The van der Waals surface area contributed by atoms with Gasteiger partial charge >= 0.3 is 5.97 Å². The van der Waals surface area contributed by atoms with E-state index in [9.17, 15) is 13.6 Å². The minimum Gasteiger partial charge on any atom is -0.505 e. The van der Waals surface area contributed by atoms with Crippen LogP contribution in [0.3, 0.4) is 0 Å². The molecule has 1 aromatic rings. The molecule has 0 aliphatic rings. The van der Waals surface area contributed by atoms with Gasteiger partial charge in [0.15, 0.2) is 11.6 Å². The smallest absolute Gasteiger partial charge is 0.328 e. The van der Waals surface area contributed by atoms with E-state index in [-0.39, 0.29) is 6.42 Å². The summed E-state index contributed by atoms with van der Waals surface area (Å²) < 4.78 is 26.4. The lowest BCUT2D eigenvalue weighted by atomic mass is 9.88. The van der Waals surface area contributed by atoms with Crippen molar-refractivity contribution in [3.8, 4) is 5.75 Å². The summed E-state index contributed by atoms with van der Waals surface area (Å²) in [5.74, 6) is -4.50. The number of carboxylic acid groups (broad SMARTS) is 1. The number of aliphatic carboxylic acids is 1. The minimum absolute atomic E-state index is 0.108. The summed E-state index contributed by atoms with van der Waals surface area (Å²) in [6.45, 7) is 1.44. The SMILES string of the molecule is CCC(N)(C(=O)O)c1cc(F)c(O)cc1F. The fraction of sp³-hybridized carbons (Fsp3) is 0.300. The molecule has 4 N–H and O–H groups in total. The second-order valence-electron chi connectivity index (χ2n) is 3.41. The van der Waals surface area contributed by atoms with Crippen molar-refractivity contribution < 1.29 is 23.8 Å². The Bertz CT molecular complexity index is 436. The maximum absolute atomic E-state index is 13.4. The monoisotopic (exact) mass is 231 g/mol. The molecule has 6 heteroatoms. The van der Waals surface area contributed by atoms with Gasteiger partial charge in [-0.1, -0.05) is 6.92 Å². The van der Waals surface area contributed by atoms with E-state index in [0.29, 0.717) is 12.1 Å². The molecule has 0 fully saturated rings. The van der Waals surface area contributed by atoms with Crippen molar-refractivity contribution in [2.45, 2.75) is 18.9 Å². The van der Waals surface area contributed by atoms with Crippen LogP contribution in [0.5, 0.6) is 5.75 Å². The first kappa shape index (κ1) is 12.4. The molecule has 0 aliphatic heterocycles. The largest absolute Gasteiger partial charge is 0.505 e. The number of halogens is 2. The van der Waals surface area contributed by atoms with E-state index in [4.69, 9.17) is 15.9 Å². The van der Waals surface area contributed by atoms with Crippen LogP contribution in [0.15, 0.2) is 12.1 Å². The summed E-state index contributed by atoms with van der Waals surface area (Å²) >= 11 is 0. The third kappa shape index (κ3) is 1.83. The van der Waals surface area contributed by atoms with Crippen LogP contribution in [0.2, 0.25) is 0 Å². The fourth-order valence-corrected chi connectivity index (χ4v) is 1.34. The number of hydrogen-bond donors (Lipinski definition) is 3. The molecule has 0 saturated carbocycles. The molecule has 0 heterocycles. The van der Waals surface area contributed by atoms with E-state index in [2.05, 4.69) is 0 Å². The molecule has 1 aromatic carbocycles. The molecule has 0 amide bonds. The van der Waals surface area contributed by atoms with Crippen LogP contribution < -0.4 is 5.73 Å². The Morgan fingerprint density at radius 3 is 2.44 bits per heavy atom. The summed E-state index contributed by atoms with van der Waals surface area (Å²) in [5.41, 5.74) is 3.00. The number of nitrogens with two attached hydrogens (primary N) is 1. The van der Waals surface area contributed by atoms with Crippen LogP contribution in [0.1, 0.15) is 18.9 Å². The predicted molar refractivity (Wildman–Crippen MR) is 51.8 cm³/mol. The van der Waals surface area contributed by atoms with E-state index in [1.54, 1.807) is 0 Å². The fourth-order valence-electron chi connectivity index (χ4n) is 1.34. The molecular formula is C10H11F2NO3. The Kier molecular flexibility index (Phi) is 3.14. The molecule has 1 rings (SSSR count). The van der Waals surface area contributed by atoms with Gasteiger partial charge in [-0.3, -0.25) is 0 Å². The Morgan fingerprint density at radius 1 is 1.44 bits per heavy atom. The van der Waals surface area contributed by atoms with E-state index < -0.39 is 34.5 Å². The molecule has 0 aromatic heterocycles. The van der Waals surface area contributed by atoms with Crippen molar-refractivity contribution in [2.75, 3.05) is 0 Å². The van der Waals surface area contributed by atoms with Crippen LogP contribution in [-0.4, -0.2) is 16.2 Å². The second-order valence-corrected chi connectivity index (χ2v) is 3.41. The normalized spacial score (nSPS) is 14.5. The van der Waals surface area contributed by atoms with Crippen molar-refractivity contribution in [3.63, 3.8) is 0 Å². The first-order valence-corrected chi connectivity index (χ1v) is 4.53. The predicted octanol–water partition coefficient (Wildman–Crippen LogP) is 1.32. The zero-order chi connectivity index (χ0) is 12.5. The topological polar surface area (TPSA) is 83.6 Å². The van der Waals surface area contributed by atoms with E-state index >= 15 is 0 Å². The molecular weight excluding hydrogens is 220 g/mol. The Labute approximate surface area is 90.3 Å². The average Bonchev–Trinajstić information content (AvgIpc) is 2.22. The van der Waals surface area contributed by atoms with Gasteiger partial charge in [-0.05, 0) is 12.5 Å². The van der Waals surface area contributed by atoms with Gasteiger partial charge in [0.25, 0.3) is 0 Å². The summed E-state index contributed by atoms with van der Waals surface area (Å²) in [6.07, 6.45) is -0.108. The van der Waals surface area contributed by atoms with Crippen molar-refractivity contribution in [2.24, 2.45) is 5.73 Å². The van der Waals surface area contributed by atoms with Crippen LogP contribution in [-0.2, 0) is 10.3 Å². The number of phenols is 1. The lowest BCUT2D eigenvalue weighted by Gasteiger charge is -2.24. The maximum atomic E-state index is 13.4. The maximum Gasteiger partial charge on any atom is 0.328 e. The summed E-state index contributed by atoms with van der Waals surface area (Å²) in [4.78, 5) is 10.9. The van der Waals surface area contributed by atoms with Crippen LogP contribution >= 0.6 is 0 Å². The van der Waals surface area contributed by atoms with Crippen molar-refractivity contribution in [1.29, 1.82) is 0 Å². The van der Waals surface area contributed by atoms with E-state index in [0.717, 1.165) is 0 Å². The second kappa shape index (κ2) is 4.05. The van der Waals surface area contributed by atoms with Crippen LogP contribution in [0.25, 0.3) is 0 Å². The molecule has 4 nitrogen and oxygen atoms in total. The lowest BCUT2D eigenvalue weighted by Crippen LogP contribution is -2.45.